The van der Waals surface area contributed by atoms with Gasteiger partial charge in [-0.15, -0.1) is 0 Å². The lowest BCUT2D eigenvalue weighted by molar-refractivity contribution is 0.0564. The van der Waals surface area contributed by atoms with Gasteiger partial charge in [0.15, 0.2) is 0 Å². The van der Waals surface area contributed by atoms with E-state index in [1.54, 1.807) is 23.1 Å². The summed E-state index contributed by atoms with van der Waals surface area (Å²) in [5, 5.41) is 3.12. The predicted octanol–water partition coefficient (Wildman–Crippen LogP) is 1.74. The van der Waals surface area contributed by atoms with Crippen LogP contribution >= 0.6 is 11.6 Å². The summed E-state index contributed by atoms with van der Waals surface area (Å²) in [6, 6.07) is 4.58. The van der Waals surface area contributed by atoms with E-state index >= 15 is 0 Å². The standard InChI is InChI=1S/C14H18ClN3O4S/c15-12-3-2-11(18-4-1-9-23(18,20)21)10-13(12)16-14(19)17-5-7-22-8-6-17/h2-3,10H,1,4-9H2,(H,16,19). The maximum atomic E-state index is 12.2. The summed E-state index contributed by atoms with van der Waals surface area (Å²) in [6.45, 7) is 2.49. The molecule has 0 spiro atoms. The van der Waals surface area contributed by atoms with Gasteiger partial charge in [-0.05, 0) is 24.6 Å². The molecule has 1 aromatic carbocycles. The third kappa shape index (κ3) is 3.54. The number of halogens is 1. The molecule has 2 aliphatic heterocycles. The van der Waals surface area contributed by atoms with Gasteiger partial charge in [0.25, 0.3) is 0 Å². The fourth-order valence-corrected chi connectivity index (χ4v) is 4.38. The van der Waals surface area contributed by atoms with Crippen molar-refractivity contribution in [3.8, 4) is 0 Å². The molecule has 0 unspecified atom stereocenters. The molecule has 0 atom stereocenters. The smallest absolute Gasteiger partial charge is 0.322 e. The lowest BCUT2D eigenvalue weighted by atomic mass is 10.2. The number of nitrogens with zero attached hydrogens (tertiary/aromatic N) is 2. The number of ether oxygens (including phenoxy) is 1. The summed E-state index contributed by atoms with van der Waals surface area (Å²) >= 11 is 6.13. The Bertz CT molecular complexity index is 704. The maximum absolute atomic E-state index is 12.2. The van der Waals surface area contributed by atoms with Gasteiger partial charge in [0.2, 0.25) is 10.0 Å². The highest BCUT2D eigenvalue weighted by Gasteiger charge is 2.29. The van der Waals surface area contributed by atoms with Gasteiger partial charge < -0.3 is 15.0 Å². The first kappa shape index (κ1) is 16.4. The first-order valence-electron chi connectivity index (χ1n) is 7.41. The van der Waals surface area contributed by atoms with Crippen LogP contribution in [0.4, 0.5) is 16.2 Å². The summed E-state index contributed by atoms with van der Waals surface area (Å²) in [5.41, 5.74) is 0.923. The van der Waals surface area contributed by atoms with E-state index in [1.807, 2.05) is 0 Å². The van der Waals surface area contributed by atoms with Gasteiger partial charge >= 0.3 is 6.03 Å². The van der Waals surface area contributed by atoms with Crippen LogP contribution < -0.4 is 9.62 Å². The Labute approximate surface area is 140 Å². The first-order chi connectivity index (χ1) is 11.0. The maximum Gasteiger partial charge on any atom is 0.322 e. The van der Waals surface area contributed by atoms with Crippen LogP contribution in [0.3, 0.4) is 0 Å². The number of benzene rings is 1. The average molecular weight is 360 g/mol. The van der Waals surface area contributed by atoms with Gasteiger partial charge in [0, 0.05) is 19.6 Å². The zero-order valence-electron chi connectivity index (χ0n) is 12.5. The topological polar surface area (TPSA) is 79.0 Å². The molecule has 0 saturated carbocycles. The number of morpholine rings is 1. The largest absolute Gasteiger partial charge is 0.378 e. The van der Waals surface area contributed by atoms with Crippen LogP contribution in [-0.2, 0) is 14.8 Å². The van der Waals surface area contributed by atoms with Gasteiger partial charge in [-0.1, -0.05) is 11.6 Å². The predicted molar refractivity (Wildman–Crippen MR) is 88.6 cm³/mol. The molecule has 1 N–H and O–H groups in total. The number of hydrogen-bond donors (Lipinski definition) is 1. The first-order valence-corrected chi connectivity index (χ1v) is 9.40. The molecule has 2 fully saturated rings. The number of anilines is 2. The van der Waals surface area contributed by atoms with Crippen LogP contribution in [0, 0.1) is 0 Å². The molecule has 2 saturated heterocycles. The Hall–Kier alpha value is -1.51. The third-order valence-corrected chi connectivity index (χ3v) is 6.08. The fourth-order valence-electron chi connectivity index (χ4n) is 2.65. The molecule has 0 bridgehead atoms. The number of hydrogen-bond acceptors (Lipinski definition) is 4. The minimum atomic E-state index is -3.27. The van der Waals surface area contributed by atoms with Crippen molar-refractivity contribution in [3.05, 3.63) is 23.2 Å². The molecule has 2 aliphatic rings. The summed E-state index contributed by atoms with van der Waals surface area (Å²) in [6.07, 6.45) is 0.598. The molecule has 0 radical (unpaired) electrons. The second kappa shape index (κ2) is 6.54. The van der Waals surface area contributed by atoms with Crippen molar-refractivity contribution in [1.29, 1.82) is 0 Å². The Kier molecular flexibility index (Phi) is 4.65. The van der Waals surface area contributed by atoms with Crippen molar-refractivity contribution in [2.75, 3.05) is 48.2 Å². The van der Waals surface area contributed by atoms with Crippen molar-refractivity contribution in [2.45, 2.75) is 6.42 Å². The number of urea groups is 1. The summed E-state index contributed by atoms with van der Waals surface area (Å²) < 4.78 is 30.6. The Morgan fingerprint density at radius 3 is 2.61 bits per heavy atom. The van der Waals surface area contributed by atoms with E-state index in [9.17, 15) is 13.2 Å². The molecule has 23 heavy (non-hydrogen) atoms. The van der Waals surface area contributed by atoms with Crippen LogP contribution in [0.2, 0.25) is 5.02 Å². The number of rotatable bonds is 2. The molecule has 9 heteroatoms. The number of nitrogens with one attached hydrogen (secondary N) is 1. The average Bonchev–Trinajstić information content (AvgIpc) is 2.90. The molecule has 0 aliphatic carbocycles. The van der Waals surface area contributed by atoms with Crippen LogP contribution in [0.5, 0.6) is 0 Å². The number of carbonyl (C=O) groups excluding carboxylic acids is 1. The third-order valence-electron chi connectivity index (χ3n) is 3.88. The van der Waals surface area contributed by atoms with E-state index in [4.69, 9.17) is 16.3 Å². The van der Waals surface area contributed by atoms with Crippen molar-refractivity contribution < 1.29 is 17.9 Å². The molecule has 1 aromatic rings. The normalized spacial score (nSPS) is 20.6. The quantitative estimate of drug-likeness (QED) is 0.872. The fraction of sp³-hybridized carbons (Fsp3) is 0.500. The number of amides is 2. The van der Waals surface area contributed by atoms with Gasteiger partial charge in [0.1, 0.15) is 0 Å². The van der Waals surface area contributed by atoms with Crippen LogP contribution in [0.1, 0.15) is 6.42 Å². The van der Waals surface area contributed by atoms with Gasteiger partial charge in [-0.2, -0.15) is 0 Å². The molecule has 126 valence electrons. The molecule has 2 amide bonds. The van der Waals surface area contributed by atoms with E-state index in [1.165, 1.54) is 4.31 Å². The van der Waals surface area contributed by atoms with Crippen LogP contribution in [-0.4, -0.2) is 57.9 Å². The highest BCUT2D eigenvalue weighted by Crippen LogP contribution is 2.31. The van der Waals surface area contributed by atoms with E-state index in [-0.39, 0.29) is 11.8 Å². The molecule has 0 aromatic heterocycles. The van der Waals surface area contributed by atoms with E-state index in [0.29, 0.717) is 55.7 Å². The highest BCUT2D eigenvalue weighted by molar-refractivity contribution is 7.93. The highest BCUT2D eigenvalue weighted by atomic mass is 35.5. The lowest BCUT2D eigenvalue weighted by Gasteiger charge is -2.27. The van der Waals surface area contributed by atoms with E-state index in [0.717, 1.165) is 0 Å². The SMILES string of the molecule is O=C(Nc1cc(N2CCCS2(=O)=O)ccc1Cl)N1CCOCC1. The zero-order chi connectivity index (χ0) is 16.4. The minimum absolute atomic E-state index is 0.144. The van der Waals surface area contributed by atoms with Crippen molar-refractivity contribution >= 4 is 39.0 Å². The van der Waals surface area contributed by atoms with Crippen molar-refractivity contribution in [3.63, 3.8) is 0 Å². The Morgan fingerprint density at radius 2 is 1.96 bits per heavy atom. The lowest BCUT2D eigenvalue weighted by Crippen LogP contribution is -2.43. The van der Waals surface area contributed by atoms with Crippen molar-refractivity contribution in [1.82, 2.24) is 4.90 Å². The van der Waals surface area contributed by atoms with Crippen molar-refractivity contribution in [2.24, 2.45) is 0 Å². The number of carbonyl (C=O) groups is 1. The summed E-state index contributed by atoms with van der Waals surface area (Å²) in [4.78, 5) is 13.9. The van der Waals surface area contributed by atoms with Gasteiger partial charge in [-0.25, -0.2) is 13.2 Å². The van der Waals surface area contributed by atoms with Gasteiger partial charge in [0.05, 0.1) is 35.4 Å². The van der Waals surface area contributed by atoms with E-state index in [2.05, 4.69) is 5.32 Å². The summed E-state index contributed by atoms with van der Waals surface area (Å²) in [7, 11) is -3.27. The van der Waals surface area contributed by atoms with Crippen LogP contribution in [0.25, 0.3) is 0 Å². The molecular formula is C14H18ClN3O4S. The second-order valence-corrected chi connectivity index (χ2v) is 7.86. The van der Waals surface area contributed by atoms with E-state index < -0.39 is 10.0 Å². The minimum Gasteiger partial charge on any atom is -0.378 e. The number of sulfonamides is 1. The molecule has 3 rings (SSSR count). The molecule has 2 heterocycles. The monoisotopic (exact) mass is 359 g/mol. The molecular weight excluding hydrogens is 342 g/mol. The van der Waals surface area contributed by atoms with Gasteiger partial charge in [-0.3, -0.25) is 4.31 Å². The second-order valence-electron chi connectivity index (χ2n) is 5.44. The Balaban J connectivity index is 1.79. The Morgan fingerprint density at radius 1 is 1.22 bits per heavy atom. The zero-order valence-corrected chi connectivity index (χ0v) is 14.1. The summed E-state index contributed by atoms with van der Waals surface area (Å²) in [5.74, 6) is 0.144. The molecule has 7 nitrogen and oxygen atoms in total. The van der Waals surface area contributed by atoms with Crippen LogP contribution in [0.15, 0.2) is 18.2 Å².